The van der Waals surface area contributed by atoms with E-state index in [0.29, 0.717) is 19.4 Å². The maximum Gasteiger partial charge on any atom is 0.247 e. The second kappa shape index (κ2) is 6.65. The summed E-state index contributed by atoms with van der Waals surface area (Å²) in [6.45, 7) is 2.43. The highest BCUT2D eigenvalue weighted by atomic mass is 16.2. The van der Waals surface area contributed by atoms with Crippen molar-refractivity contribution in [3.05, 3.63) is 65.7 Å². The molecule has 2 aromatic carbocycles. The lowest BCUT2D eigenvalue weighted by molar-refractivity contribution is -0.133. The van der Waals surface area contributed by atoms with Gasteiger partial charge in [0.1, 0.15) is 6.04 Å². The van der Waals surface area contributed by atoms with E-state index < -0.39 is 6.04 Å². The summed E-state index contributed by atoms with van der Waals surface area (Å²) in [5, 5.41) is 2.96. The Kier molecular flexibility index (Phi) is 4.42. The van der Waals surface area contributed by atoms with Gasteiger partial charge < -0.3 is 10.2 Å². The predicted octanol–water partition coefficient (Wildman–Crippen LogP) is 3.12. The number of carbonyl (C=O) groups is 2. The zero-order valence-electron chi connectivity index (χ0n) is 13.2. The molecule has 0 aromatic heterocycles. The van der Waals surface area contributed by atoms with Gasteiger partial charge in [0.05, 0.1) is 0 Å². The van der Waals surface area contributed by atoms with E-state index >= 15 is 0 Å². The molecule has 1 atom stereocenters. The van der Waals surface area contributed by atoms with Crippen LogP contribution in [0.4, 0.5) is 5.69 Å². The maximum absolute atomic E-state index is 12.6. The molecule has 1 saturated heterocycles. The van der Waals surface area contributed by atoms with Crippen LogP contribution in [0.1, 0.15) is 24.0 Å². The lowest BCUT2D eigenvalue weighted by Crippen LogP contribution is -2.41. The van der Waals surface area contributed by atoms with E-state index in [2.05, 4.69) is 5.32 Å². The molecule has 2 amide bonds. The van der Waals surface area contributed by atoms with Gasteiger partial charge in [-0.2, -0.15) is 0 Å². The second-order valence-corrected chi connectivity index (χ2v) is 5.87. The summed E-state index contributed by atoms with van der Waals surface area (Å²) >= 11 is 0. The minimum absolute atomic E-state index is 0.0405. The zero-order chi connectivity index (χ0) is 16.2. The van der Waals surface area contributed by atoms with Crippen molar-refractivity contribution in [1.29, 1.82) is 0 Å². The van der Waals surface area contributed by atoms with Crippen LogP contribution in [-0.4, -0.2) is 22.8 Å². The Bertz CT molecular complexity index is 712. The van der Waals surface area contributed by atoms with Gasteiger partial charge in [0, 0.05) is 18.7 Å². The average molecular weight is 308 g/mol. The number of amides is 2. The number of anilines is 1. The molecule has 1 aliphatic rings. The van der Waals surface area contributed by atoms with Crippen LogP contribution in [0.25, 0.3) is 0 Å². The Labute approximate surface area is 136 Å². The molecular weight excluding hydrogens is 288 g/mol. The van der Waals surface area contributed by atoms with Crippen LogP contribution >= 0.6 is 0 Å². The molecule has 23 heavy (non-hydrogen) atoms. The third-order valence-electron chi connectivity index (χ3n) is 4.23. The molecule has 1 heterocycles. The second-order valence-electron chi connectivity index (χ2n) is 5.87. The van der Waals surface area contributed by atoms with E-state index in [1.54, 1.807) is 4.90 Å². The normalized spacial score (nSPS) is 17.3. The summed E-state index contributed by atoms with van der Waals surface area (Å²) < 4.78 is 0. The summed E-state index contributed by atoms with van der Waals surface area (Å²) in [6, 6.07) is 17.0. The van der Waals surface area contributed by atoms with E-state index in [1.807, 2.05) is 61.5 Å². The number of likely N-dealkylation sites (tertiary alicyclic amines) is 1. The van der Waals surface area contributed by atoms with Crippen LogP contribution < -0.4 is 5.32 Å². The number of para-hydroxylation sites is 1. The Balaban J connectivity index is 1.74. The molecule has 118 valence electrons. The van der Waals surface area contributed by atoms with Crippen LogP contribution in [0.3, 0.4) is 0 Å². The van der Waals surface area contributed by atoms with Crippen molar-refractivity contribution in [3.8, 4) is 0 Å². The van der Waals surface area contributed by atoms with Crippen LogP contribution in [0, 0.1) is 6.92 Å². The van der Waals surface area contributed by atoms with Crippen LogP contribution in [0.5, 0.6) is 0 Å². The Morgan fingerprint density at radius 2 is 1.83 bits per heavy atom. The van der Waals surface area contributed by atoms with E-state index in [9.17, 15) is 9.59 Å². The van der Waals surface area contributed by atoms with Crippen molar-refractivity contribution in [1.82, 2.24) is 4.90 Å². The maximum atomic E-state index is 12.6. The van der Waals surface area contributed by atoms with Crippen molar-refractivity contribution >= 4 is 17.5 Å². The molecule has 2 aromatic rings. The minimum Gasteiger partial charge on any atom is -0.326 e. The van der Waals surface area contributed by atoms with Gasteiger partial charge in [-0.1, -0.05) is 48.5 Å². The van der Waals surface area contributed by atoms with Gasteiger partial charge in [-0.3, -0.25) is 9.59 Å². The molecule has 1 N–H and O–H groups in total. The van der Waals surface area contributed by atoms with Crippen molar-refractivity contribution in [2.45, 2.75) is 32.4 Å². The van der Waals surface area contributed by atoms with E-state index in [4.69, 9.17) is 0 Å². The third-order valence-corrected chi connectivity index (χ3v) is 4.23. The lowest BCUT2D eigenvalue weighted by atomic mass is 10.1. The molecule has 0 spiro atoms. The van der Waals surface area contributed by atoms with Crippen molar-refractivity contribution in [2.24, 2.45) is 0 Å². The van der Waals surface area contributed by atoms with Gasteiger partial charge in [0.2, 0.25) is 11.8 Å². The topological polar surface area (TPSA) is 49.4 Å². The van der Waals surface area contributed by atoms with Gasteiger partial charge in [-0.05, 0) is 30.5 Å². The number of nitrogens with one attached hydrogen (secondary N) is 1. The molecular formula is C19H20N2O2. The van der Waals surface area contributed by atoms with Gasteiger partial charge in [-0.25, -0.2) is 0 Å². The fourth-order valence-electron chi connectivity index (χ4n) is 2.91. The van der Waals surface area contributed by atoms with E-state index in [0.717, 1.165) is 16.8 Å². The number of nitrogens with zero attached hydrogens (tertiary/aromatic N) is 1. The number of hydrogen-bond acceptors (Lipinski definition) is 2. The highest BCUT2D eigenvalue weighted by Gasteiger charge is 2.36. The first-order chi connectivity index (χ1) is 11.1. The van der Waals surface area contributed by atoms with Crippen molar-refractivity contribution < 1.29 is 9.59 Å². The number of carbonyl (C=O) groups excluding carboxylic acids is 2. The molecule has 4 heteroatoms. The SMILES string of the molecule is Cc1ccccc1NC(=O)C1CCC(=O)N1Cc1ccccc1. The molecule has 4 nitrogen and oxygen atoms in total. The minimum atomic E-state index is -0.401. The molecule has 0 bridgehead atoms. The summed E-state index contributed by atoms with van der Waals surface area (Å²) in [7, 11) is 0. The van der Waals surface area contributed by atoms with Gasteiger partial charge in [-0.15, -0.1) is 0 Å². The molecule has 0 saturated carbocycles. The largest absolute Gasteiger partial charge is 0.326 e. The number of benzene rings is 2. The van der Waals surface area contributed by atoms with Gasteiger partial charge >= 0.3 is 0 Å². The molecule has 1 aliphatic heterocycles. The number of aryl methyl sites for hydroxylation is 1. The fourth-order valence-corrected chi connectivity index (χ4v) is 2.91. The monoisotopic (exact) mass is 308 g/mol. The summed E-state index contributed by atoms with van der Waals surface area (Å²) in [6.07, 6.45) is 1.00. The zero-order valence-corrected chi connectivity index (χ0v) is 13.2. The molecule has 3 rings (SSSR count). The molecule has 0 aliphatic carbocycles. The van der Waals surface area contributed by atoms with Crippen LogP contribution in [-0.2, 0) is 16.1 Å². The average Bonchev–Trinajstić information content (AvgIpc) is 2.92. The Morgan fingerprint density at radius 3 is 2.57 bits per heavy atom. The highest BCUT2D eigenvalue weighted by molar-refractivity contribution is 5.99. The lowest BCUT2D eigenvalue weighted by Gasteiger charge is -2.24. The smallest absolute Gasteiger partial charge is 0.247 e. The van der Waals surface area contributed by atoms with Crippen LogP contribution in [0.2, 0.25) is 0 Å². The Hall–Kier alpha value is -2.62. The standard InChI is InChI=1S/C19H20N2O2/c1-14-7-5-6-10-16(14)20-19(23)17-11-12-18(22)21(17)13-15-8-3-2-4-9-15/h2-10,17H,11-13H2,1H3,(H,20,23). The fraction of sp³-hybridized carbons (Fsp3) is 0.263. The summed E-state index contributed by atoms with van der Waals surface area (Å²) in [5.41, 5.74) is 2.85. The summed E-state index contributed by atoms with van der Waals surface area (Å²) in [4.78, 5) is 26.5. The van der Waals surface area contributed by atoms with Crippen LogP contribution in [0.15, 0.2) is 54.6 Å². The first-order valence-corrected chi connectivity index (χ1v) is 7.85. The first-order valence-electron chi connectivity index (χ1n) is 7.85. The molecule has 1 fully saturated rings. The Morgan fingerprint density at radius 1 is 1.13 bits per heavy atom. The summed E-state index contributed by atoms with van der Waals surface area (Å²) in [5.74, 6) is -0.0696. The van der Waals surface area contributed by atoms with Gasteiger partial charge in [0.15, 0.2) is 0 Å². The van der Waals surface area contributed by atoms with Crippen molar-refractivity contribution in [2.75, 3.05) is 5.32 Å². The van der Waals surface area contributed by atoms with E-state index in [1.165, 1.54) is 0 Å². The van der Waals surface area contributed by atoms with Crippen molar-refractivity contribution in [3.63, 3.8) is 0 Å². The number of hydrogen-bond donors (Lipinski definition) is 1. The number of rotatable bonds is 4. The highest BCUT2D eigenvalue weighted by Crippen LogP contribution is 2.23. The third kappa shape index (κ3) is 3.42. The first kappa shape index (κ1) is 15.3. The predicted molar refractivity (Wildman–Crippen MR) is 89.8 cm³/mol. The van der Waals surface area contributed by atoms with E-state index in [-0.39, 0.29) is 11.8 Å². The quantitative estimate of drug-likeness (QED) is 0.943. The van der Waals surface area contributed by atoms with Gasteiger partial charge in [0.25, 0.3) is 0 Å². The molecule has 0 radical (unpaired) electrons. The molecule has 1 unspecified atom stereocenters.